The summed E-state index contributed by atoms with van der Waals surface area (Å²) >= 11 is 6.08. The summed E-state index contributed by atoms with van der Waals surface area (Å²) in [5.41, 5.74) is 2.91. The normalized spacial score (nSPS) is 24.3. The van der Waals surface area contributed by atoms with Crippen LogP contribution in [-0.2, 0) is 6.42 Å². The molecular formula is C17H25ClN2. The molecule has 3 heteroatoms. The lowest BCUT2D eigenvalue weighted by Crippen LogP contribution is -2.45. The third-order valence-corrected chi connectivity index (χ3v) is 5.11. The Morgan fingerprint density at radius 2 is 1.95 bits per heavy atom. The van der Waals surface area contributed by atoms with Crippen molar-refractivity contribution in [1.82, 2.24) is 10.2 Å². The highest BCUT2D eigenvalue weighted by Crippen LogP contribution is 2.33. The summed E-state index contributed by atoms with van der Waals surface area (Å²) in [6.45, 7) is 7.06. The molecule has 1 saturated heterocycles. The van der Waals surface area contributed by atoms with Crippen molar-refractivity contribution in [3.05, 3.63) is 34.3 Å². The third-order valence-electron chi connectivity index (χ3n) is 4.88. The van der Waals surface area contributed by atoms with Crippen molar-refractivity contribution >= 4 is 11.6 Å². The lowest BCUT2D eigenvalue weighted by molar-refractivity contribution is 0.156. The van der Waals surface area contributed by atoms with E-state index >= 15 is 0 Å². The second kappa shape index (κ2) is 6.05. The van der Waals surface area contributed by atoms with Crippen molar-refractivity contribution < 1.29 is 0 Å². The van der Waals surface area contributed by atoms with Gasteiger partial charge in [0.05, 0.1) is 0 Å². The summed E-state index contributed by atoms with van der Waals surface area (Å²) in [7, 11) is 0. The Morgan fingerprint density at radius 1 is 1.20 bits per heavy atom. The van der Waals surface area contributed by atoms with Gasteiger partial charge in [-0.2, -0.15) is 0 Å². The van der Waals surface area contributed by atoms with Crippen LogP contribution < -0.4 is 5.32 Å². The quantitative estimate of drug-likeness (QED) is 0.912. The van der Waals surface area contributed by atoms with Gasteiger partial charge in [0.25, 0.3) is 0 Å². The van der Waals surface area contributed by atoms with E-state index in [1.807, 2.05) is 6.07 Å². The monoisotopic (exact) mass is 292 g/mol. The summed E-state index contributed by atoms with van der Waals surface area (Å²) in [5, 5.41) is 4.75. The van der Waals surface area contributed by atoms with Gasteiger partial charge in [0, 0.05) is 23.1 Å². The van der Waals surface area contributed by atoms with E-state index in [4.69, 9.17) is 11.6 Å². The van der Waals surface area contributed by atoms with E-state index in [9.17, 15) is 0 Å². The highest BCUT2D eigenvalue weighted by atomic mass is 35.5. The summed E-state index contributed by atoms with van der Waals surface area (Å²) in [5.74, 6) is 0. The van der Waals surface area contributed by atoms with Crippen molar-refractivity contribution in [2.24, 2.45) is 0 Å². The van der Waals surface area contributed by atoms with E-state index in [0.29, 0.717) is 18.1 Å². The molecule has 0 bridgehead atoms. The highest BCUT2D eigenvalue weighted by molar-refractivity contribution is 6.30. The molecule has 0 radical (unpaired) electrons. The Hall–Kier alpha value is -0.570. The van der Waals surface area contributed by atoms with Gasteiger partial charge in [-0.25, -0.2) is 0 Å². The summed E-state index contributed by atoms with van der Waals surface area (Å²) in [6.07, 6.45) is 4.94. The zero-order valence-electron chi connectivity index (χ0n) is 12.5. The van der Waals surface area contributed by atoms with Gasteiger partial charge >= 0.3 is 0 Å². The van der Waals surface area contributed by atoms with Crippen LogP contribution >= 0.6 is 11.6 Å². The Labute approximate surface area is 127 Å². The number of rotatable bonds is 3. The minimum Gasteiger partial charge on any atom is -0.307 e. The van der Waals surface area contributed by atoms with Gasteiger partial charge in [0.15, 0.2) is 0 Å². The SMILES string of the molecule is CC(C)N1CCC(NC2CCc3cc(Cl)ccc32)CC1. The predicted octanol–water partition coefficient (Wildman–Crippen LogP) is 3.79. The molecule has 0 spiro atoms. The second-order valence-corrected chi connectivity index (χ2v) is 6.94. The van der Waals surface area contributed by atoms with Crippen molar-refractivity contribution in [3.8, 4) is 0 Å². The number of nitrogens with zero attached hydrogens (tertiary/aromatic N) is 1. The molecule has 1 heterocycles. The standard InChI is InChI=1S/C17H25ClN2/c1-12(2)20-9-7-15(8-10-20)19-17-6-3-13-11-14(18)4-5-16(13)17/h4-5,11-12,15,17,19H,3,6-10H2,1-2H3. The van der Waals surface area contributed by atoms with Gasteiger partial charge in [0.1, 0.15) is 0 Å². The fraction of sp³-hybridized carbons (Fsp3) is 0.647. The number of hydrogen-bond donors (Lipinski definition) is 1. The number of halogens is 1. The van der Waals surface area contributed by atoms with Crippen LogP contribution in [-0.4, -0.2) is 30.1 Å². The maximum absolute atomic E-state index is 6.08. The predicted molar refractivity (Wildman–Crippen MR) is 85.4 cm³/mol. The minimum atomic E-state index is 0.540. The Morgan fingerprint density at radius 3 is 2.65 bits per heavy atom. The molecule has 0 aromatic heterocycles. The molecule has 110 valence electrons. The molecule has 3 rings (SSSR count). The Bertz CT molecular complexity index is 464. The van der Waals surface area contributed by atoms with Crippen LogP contribution in [0.15, 0.2) is 18.2 Å². The number of nitrogens with one attached hydrogen (secondary N) is 1. The van der Waals surface area contributed by atoms with Gasteiger partial charge in [-0.1, -0.05) is 17.7 Å². The van der Waals surface area contributed by atoms with Crippen LogP contribution in [0.25, 0.3) is 0 Å². The fourth-order valence-electron chi connectivity index (χ4n) is 3.63. The molecule has 1 unspecified atom stereocenters. The van der Waals surface area contributed by atoms with Crippen LogP contribution in [0.5, 0.6) is 0 Å². The number of benzene rings is 1. The molecule has 1 aromatic rings. The van der Waals surface area contributed by atoms with Crippen molar-refractivity contribution in [3.63, 3.8) is 0 Å². The van der Waals surface area contributed by atoms with Crippen LogP contribution in [0.3, 0.4) is 0 Å². The van der Waals surface area contributed by atoms with E-state index in [2.05, 4.69) is 36.2 Å². The Kier molecular flexibility index (Phi) is 4.34. The molecule has 1 atom stereocenters. The topological polar surface area (TPSA) is 15.3 Å². The summed E-state index contributed by atoms with van der Waals surface area (Å²) < 4.78 is 0. The number of aryl methyl sites for hydroxylation is 1. The smallest absolute Gasteiger partial charge is 0.0408 e. The molecule has 0 amide bonds. The third kappa shape index (κ3) is 3.03. The first-order valence-corrected chi connectivity index (χ1v) is 8.29. The zero-order valence-corrected chi connectivity index (χ0v) is 13.3. The summed E-state index contributed by atoms with van der Waals surface area (Å²) in [6, 6.07) is 8.28. The minimum absolute atomic E-state index is 0.540. The van der Waals surface area contributed by atoms with Gasteiger partial charge in [-0.3, -0.25) is 0 Å². The van der Waals surface area contributed by atoms with E-state index in [0.717, 1.165) is 5.02 Å². The number of hydrogen-bond acceptors (Lipinski definition) is 2. The number of fused-ring (bicyclic) bond motifs is 1. The maximum atomic E-state index is 6.08. The molecule has 2 aliphatic rings. The molecule has 1 aromatic carbocycles. The first-order chi connectivity index (χ1) is 9.63. The van der Waals surface area contributed by atoms with Gasteiger partial charge in [0.2, 0.25) is 0 Å². The second-order valence-electron chi connectivity index (χ2n) is 6.51. The van der Waals surface area contributed by atoms with Gasteiger partial charge < -0.3 is 10.2 Å². The molecule has 2 nitrogen and oxygen atoms in total. The largest absolute Gasteiger partial charge is 0.307 e. The lowest BCUT2D eigenvalue weighted by Gasteiger charge is -2.36. The van der Waals surface area contributed by atoms with E-state index in [1.54, 1.807) is 0 Å². The molecule has 1 aliphatic carbocycles. The summed E-state index contributed by atoms with van der Waals surface area (Å²) in [4.78, 5) is 2.58. The van der Waals surface area contributed by atoms with Gasteiger partial charge in [-0.05, 0) is 75.9 Å². The molecule has 1 fully saturated rings. The first-order valence-electron chi connectivity index (χ1n) is 7.92. The van der Waals surface area contributed by atoms with Crippen LogP contribution in [0.2, 0.25) is 5.02 Å². The molecular weight excluding hydrogens is 268 g/mol. The zero-order chi connectivity index (χ0) is 14.1. The average Bonchev–Trinajstić information content (AvgIpc) is 2.81. The Balaban J connectivity index is 1.59. The fourth-order valence-corrected chi connectivity index (χ4v) is 3.82. The van der Waals surface area contributed by atoms with E-state index in [-0.39, 0.29) is 0 Å². The van der Waals surface area contributed by atoms with Crippen molar-refractivity contribution in [2.45, 2.75) is 57.7 Å². The van der Waals surface area contributed by atoms with E-state index < -0.39 is 0 Å². The highest BCUT2D eigenvalue weighted by Gasteiger charge is 2.27. The molecule has 20 heavy (non-hydrogen) atoms. The first kappa shape index (κ1) is 14.4. The number of likely N-dealkylation sites (tertiary alicyclic amines) is 1. The molecule has 0 saturated carbocycles. The lowest BCUT2D eigenvalue weighted by atomic mass is 10.0. The molecule has 1 N–H and O–H groups in total. The van der Waals surface area contributed by atoms with Crippen LogP contribution in [0, 0.1) is 0 Å². The van der Waals surface area contributed by atoms with Gasteiger partial charge in [-0.15, -0.1) is 0 Å². The van der Waals surface area contributed by atoms with Crippen molar-refractivity contribution in [1.29, 1.82) is 0 Å². The van der Waals surface area contributed by atoms with Crippen LogP contribution in [0.1, 0.15) is 50.3 Å². The van der Waals surface area contributed by atoms with Crippen molar-refractivity contribution in [2.75, 3.05) is 13.1 Å². The van der Waals surface area contributed by atoms with E-state index in [1.165, 1.54) is 49.9 Å². The average molecular weight is 293 g/mol. The maximum Gasteiger partial charge on any atom is 0.0408 e. The van der Waals surface area contributed by atoms with Crippen LogP contribution in [0.4, 0.5) is 0 Å². The number of piperidine rings is 1. The molecule has 1 aliphatic heterocycles.